The Balaban J connectivity index is 2.09. The molecule has 2 saturated heterocycles. The third-order valence-electron chi connectivity index (χ3n) is 2.66. The van der Waals surface area contributed by atoms with Crippen molar-refractivity contribution < 1.29 is 24.2 Å². The monoisotopic (exact) mass is 215 g/mol. The molecule has 2 aliphatic heterocycles. The van der Waals surface area contributed by atoms with Crippen LogP contribution in [0.5, 0.6) is 0 Å². The first-order valence-corrected chi connectivity index (χ1v) is 4.99. The van der Waals surface area contributed by atoms with Crippen molar-refractivity contribution >= 4 is 12.1 Å². The molecular formula is C9H13NO5. The maximum atomic E-state index is 11.3. The normalized spacial score (nSPS) is 31.5. The molecule has 2 fully saturated rings. The molecule has 0 radical (unpaired) electrons. The van der Waals surface area contributed by atoms with E-state index in [9.17, 15) is 9.59 Å². The third kappa shape index (κ3) is 1.90. The molecule has 6 nitrogen and oxygen atoms in total. The molecule has 0 saturated carbocycles. The summed E-state index contributed by atoms with van der Waals surface area (Å²) in [6.07, 6.45) is 1.56. The number of carbonyl (C=O) groups is 2. The van der Waals surface area contributed by atoms with E-state index >= 15 is 0 Å². The summed E-state index contributed by atoms with van der Waals surface area (Å²) in [6, 6.07) is -0.902. The number of carboxylic acids is 1. The molecule has 1 amide bonds. The van der Waals surface area contributed by atoms with Gasteiger partial charge in [0, 0.05) is 6.61 Å². The zero-order valence-corrected chi connectivity index (χ0v) is 8.22. The zero-order valence-electron chi connectivity index (χ0n) is 8.22. The lowest BCUT2D eigenvalue weighted by molar-refractivity contribution is -0.147. The Morgan fingerprint density at radius 1 is 1.47 bits per heavy atom. The van der Waals surface area contributed by atoms with E-state index in [2.05, 4.69) is 0 Å². The van der Waals surface area contributed by atoms with E-state index in [0.717, 1.165) is 12.8 Å². The number of aliphatic carboxylic acids is 1. The van der Waals surface area contributed by atoms with Crippen molar-refractivity contribution in [2.24, 2.45) is 0 Å². The predicted octanol–water partition coefficient (Wildman–Crippen LogP) is 0.418. The molecule has 15 heavy (non-hydrogen) atoms. The first kappa shape index (κ1) is 10.2. The molecule has 2 heterocycles. The molecule has 2 aliphatic rings. The average Bonchev–Trinajstić information content (AvgIpc) is 2.61. The highest BCUT2D eigenvalue weighted by atomic mass is 16.6. The van der Waals surface area contributed by atoms with Gasteiger partial charge in [-0.3, -0.25) is 4.90 Å². The van der Waals surface area contributed by atoms with Gasteiger partial charge in [0.2, 0.25) is 0 Å². The fourth-order valence-corrected chi connectivity index (χ4v) is 1.88. The van der Waals surface area contributed by atoms with E-state index in [1.165, 1.54) is 4.90 Å². The molecule has 0 aromatic carbocycles. The molecule has 0 aromatic rings. The van der Waals surface area contributed by atoms with Crippen LogP contribution in [0.2, 0.25) is 0 Å². The lowest BCUT2D eigenvalue weighted by atomic mass is 10.1. The van der Waals surface area contributed by atoms with Gasteiger partial charge in [0.25, 0.3) is 0 Å². The van der Waals surface area contributed by atoms with Gasteiger partial charge < -0.3 is 14.6 Å². The van der Waals surface area contributed by atoms with E-state index in [1.54, 1.807) is 0 Å². The number of ether oxygens (including phenoxy) is 2. The van der Waals surface area contributed by atoms with Gasteiger partial charge in [0.15, 0.2) is 6.04 Å². The lowest BCUT2D eigenvalue weighted by Gasteiger charge is -2.31. The number of rotatable bonds is 2. The van der Waals surface area contributed by atoms with Crippen molar-refractivity contribution in [3.05, 3.63) is 0 Å². The van der Waals surface area contributed by atoms with Crippen LogP contribution in [0, 0.1) is 0 Å². The Morgan fingerprint density at radius 2 is 2.27 bits per heavy atom. The molecule has 84 valence electrons. The summed E-state index contributed by atoms with van der Waals surface area (Å²) in [6.45, 7) is 0.481. The van der Waals surface area contributed by atoms with Crippen LogP contribution in [0.3, 0.4) is 0 Å². The van der Waals surface area contributed by atoms with Crippen molar-refractivity contribution in [2.45, 2.75) is 31.5 Å². The molecule has 2 rings (SSSR count). The van der Waals surface area contributed by atoms with Gasteiger partial charge in [-0.1, -0.05) is 0 Å². The minimum atomic E-state index is -1.05. The summed E-state index contributed by atoms with van der Waals surface area (Å²) < 4.78 is 10.1. The second-order valence-corrected chi connectivity index (χ2v) is 3.66. The van der Waals surface area contributed by atoms with Crippen molar-refractivity contribution in [1.29, 1.82) is 0 Å². The van der Waals surface area contributed by atoms with Crippen molar-refractivity contribution in [3.63, 3.8) is 0 Å². The van der Waals surface area contributed by atoms with E-state index in [1.807, 2.05) is 0 Å². The fraction of sp³-hybridized carbons (Fsp3) is 0.778. The highest BCUT2D eigenvalue weighted by Crippen LogP contribution is 2.23. The highest BCUT2D eigenvalue weighted by molar-refractivity contribution is 5.83. The standard InChI is InChI=1S/C9H13NO5/c11-8(12)6-5-15-9(13)10(6)7-3-1-2-4-14-7/h6-7H,1-5H2,(H,11,12). The van der Waals surface area contributed by atoms with Crippen LogP contribution < -0.4 is 0 Å². The number of carboxylic acid groups (broad SMARTS) is 1. The smallest absolute Gasteiger partial charge is 0.412 e. The van der Waals surface area contributed by atoms with Crippen LogP contribution in [-0.2, 0) is 14.3 Å². The van der Waals surface area contributed by atoms with Crippen LogP contribution in [0.25, 0.3) is 0 Å². The minimum absolute atomic E-state index is 0.0893. The summed E-state index contributed by atoms with van der Waals surface area (Å²) in [5.41, 5.74) is 0. The first-order chi connectivity index (χ1) is 7.20. The second-order valence-electron chi connectivity index (χ2n) is 3.66. The molecule has 2 atom stereocenters. The van der Waals surface area contributed by atoms with Crippen molar-refractivity contribution in [3.8, 4) is 0 Å². The summed E-state index contributed by atoms with van der Waals surface area (Å²) in [7, 11) is 0. The van der Waals surface area contributed by atoms with Gasteiger partial charge in [0.05, 0.1) is 0 Å². The van der Waals surface area contributed by atoms with E-state index in [-0.39, 0.29) is 6.61 Å². The van der Waals surface area contributed by atoms with Gasteiger partial charge in [-0.25, -0.2) is 9.59 Å². The molecular weight excluding hydrogens is 202 g/mol. The number of cyclic esters (lactones) is 1. The van der Waals surface area contributed by atoms with Gasteiger partial charge in [-0.2, -0.15) is 0 Å². The largest absolute Gasteiger partial charge is 0.480 e. The Kier molecular flexibility index (Phi) is 2.77. The number of hydrogen-bond donors (Lipinski definition) is 1. The maximum Gasteiger partial charge on any atom is 0.412 e. The van der Waals surface area contributed by atoms with Gasteiger partial charge in [-0.15, -0.1) is 0 Å². The average molecular weight is 215 g/mol. The zero-order chi connectivity index (χ0) is 10.8. The topological polar surface area (TPSA) is 76.1 Å². The number of amides is 1. The van der Waals surface area contributed by atoms with Gasteiger partial charge >= 0.3 is 12.1 Å². The maximum absolute atomic E-state index is 11.3. The van der Waals surface area contributed by atoms with Crippen LogP contribution in [0.15, 0.2) is 0 Å². The Hall–Kier alpha value is -1.30. The molecule has 0 bridgehead atoms. The molecule has 0 spiro atoms. The van der Waals surface area contributed by atoms with Gasteiger partial charge in [0.1, 0.15) is 12.8 Å². The van der Waals surface area contributed by atoms with Crippen molar-refractivity contribution in [1.82, 2.24) is 4.90 Å². The van der Waals surface area contributed by atoms with E-state index in [0.29, 0.717) is 13.0 Å². The molecule has 0 aromatic heterocycles. The molecule has 2 unspecified atom stereocenters. The van der Waals surface area contributed by atoms with Crippen LogP contribution in [0.1, 0.15) is 19.3 Å². The number of nitrogens with zero attached hydrogens (tertiary/aromatic N) is 1. The van der Waals surface area contributed by atoms with Crippen LogP contribution in [-0.4, -0.2) is 47.6 Å². The highest BCUT2D eigenvalue weighted by Gasteiger charge is 2.43. The predicted molar refractivity (Wildman–Crippen MR) is 48.2 cm³/mol. The second kappa shape index (κ2) is 4.06. The summed E-state index contributed by atoms with van der Waals surface area (Å²) >= 11 is 0. The molecule has 6 heteroatoms. The summed E-state index contributed by atoms with van der Waals surface area (Å²) in [5.74, 6) is -1.05. The minimum Gasteiger partial charge on any atom is -0.480 e. The SMILES string of the molecule is O=C(O)C1COC(=O)N1C1CCCCO1. The Labute approximate surface area is 86.8 Å². The number of hydrogen-bond acceptors (Lipinski definition) is 4. The Morgan fingerprint density at radius 3 is 2.87 bits per heavy atom. The van der Waals surface area contributed by atoms with Gasteiger partial charge in [-0.05, 0) is 19.3 Å². The summed E-state index contributed by atoms with van der Waals surface area (Å²) in [4.78, 5) is 23.4. The lowest BCUT2D eigenvalue weighted by Crippen LogP contribution is -2.48. The van der Waals surface area contributed by atoms with E-state index in [4.69, 9.17) is 14.6 Å². The van der Waals surface area contributed by atoms with E-state index < -0.39 is 24.3 Å². The van der Waals surface area contributed by atoms with Crippen LogP contribution >= 0.6 is 0 Å². The number of carbonyl (C=O) groups excluding carboxylic acids is 1. The molecule has 0 aliphatic carbocycles. The first-order valence-electron chi connectivity index (χ1n) is 4.99. The fourth-order valence-electron chi connectivity index (χ4n) is 1.88. The Bertz CT molecular complexity index is 274. The third-order valence-corrected chi connectivity index (χ3v) is 2.66. The summed E-state index contributed by atoms with van der Waals surface area (Å²) in [5, 5.41) is 8.90. The molecule has 1 N–H and O–H groups in total. The van der Waals surface area contributed by atoms with Crippen molar-refractivity contribution in [2.75, 3.05) is 13.2 Å². The van der Waals surface area contributed by atoms with Crippen LogP contribution in [0.4, 0.5) is 4.79 Å². The quantitative estimate of drug-likeness (QED) is 0.722.